The SMILES string of the molecule is C1=[N+]2NCCC2CC1. The van der Waals surface area contributed by atoms with Gasteiger partial charge in [-0.05, 0) is 0 Å². The van der Waals surface area contributed by atoms with E-state index in [2.05, 4.69) is 16.3 Å². The number of hydrogen-bond acceptors (Lipinski definition) is 1. The van der Waals surface area contributed by atoms with E-state index in [4.69, 9.17) is 0 Å². The average molecular weight is 111 g/mol. The van der Waals surface area contributed by atoms with E-state index in [1.165, 1.54) is 25.8 Å². The van der Waals surface area contributed by atoms with Gasteiger partial charge in [-0.25, -0.2) is 0 Å². The second-order valence-electron chi connectivity index (χ2n) is 2.52. The number of hydrogen-bond donors (Lipinski definition) is 1. The number of fused-ring (bicyclic) bond motifs is 1. The van der Waals surface area contributed by atoms with Crippen molar-refractivity contribution < 1.29 is 4.68 Å². The molecule has 0 bridgehead atoms. The Kier molecular flexibility index (Phi) is 0.802. The van der Waals surface area contributed by atoms with Crippen LogP contribution in [0.25, 0.3) is 0 Å². The molecule has 44 valence electrons. The lowest BCUT2D eigenvalue weighted by Crippen LogP contribution is -2.22. The summed E-state index contributed by atoms with van der Waals surface area (Å²) in [7, 11) is 0. The monoisotopic (exact) mass is 111 g/mol. The lowest BCUT2D eigenvalue weighted by Gasteiger charge is -1.91. The number of hydrazone groups is 1. The maximum atomic E-state index is 3.30. The van der Waals surface area contributed by atoms with E-state index >= 15 is 0 Å². The molecule has 0 aromatic heterocycles. The van der Waals surface area contributed by atoms with Gasteiger partial charge in [-0.1, -0.05) is 0 Å². The van der Waals surface area contributed by atoms with Crippen molar-refractivity contribution in [2.75, 3.05) is 6.54 Å². The predicted molar refractivity (Wildman–Crippen MR) is 32.0 cm³/mol. The van der Waals surface area contributed by atoms with Gasteiger partial charge in [0.2, 0.25) is 0 Å². The molecule has 2 aliphatic rings. The molecule has 1 N–H and O–H groups in total. The highest BCUT2D eigenvalue weighted by Gasteiger charge is 2.31. The van der Waals surface area contributed by atoms with Gasteiger partial charge in [-0.2, -0.15) is 5.43 Å². The first-order chi connectivity index (χ1) is 3.97. The topological polar surface area (TPSA) is 15.0 Å². The molecule has 0 aliphatic carbocycles. The van der Waals surface area contributed by atoms with Gasteiger partial charge in [-0.3, -0.25) is 0 Å². The Morgan fingerprint density at radius 3 is 3.38 bits per heavy atom. The largest absolute Gasteiger partial charge is 0.198 e. The van der Waals surface area contributed by atoms with Crippen LogP contribution in [0.15, 0.2) is 0 Å². The van der Waals surface area contributed by atoms with Gasteiger partial charge in [0.15, 0.2) is 12.3 Å². The Labute approximate surface area is 49.2 Å². The molecule has 2 heteroatoms. The van der Waals surface area contributed by atoms with Crippen molar-refractivity contribution in [1.82, 2.24) is 5.43 Å². The summed E-state index contributed by atoms with van der Waals surface area (Å²) in [6, 6.07) is 0.843. The van der Waals surface area contributed by atoms with Gasteiger partial charge in [0, 0.05) is 19.3 Å². The molecule has 2 rings (SSSR count). The predicted octanol–water partition coefficient (Wildman–Crippen LogP) is 0.140. The van der Waals surface area contributed by atoms with Crippen LogP contribution in [0.1, 0.15) is 19.3 Å². The molecular weight excluding hydrogens is 100 g/mol. The van der Waals surface area contributed by atoms with Crippen molar-refractivity contribution >= 4 is 6.21 Å². The zero-order valence-corrected chi connectivity index (χ0v) is 4.93. The first-order valence-corrected chi connectivity index (χ1v) is 3.32. The number of nitrogens with zero attached hydrogens (tertiary/aromatic N) is 1. The minimum atomic E-state index is 0.843. The van der Waals surface area contributed by atoms with Crippen molar-refractivity contribution in [3.63, 3.8) is 0 Å². The van der Waals surface area contributed by atoms with Gasteiger partial charge in [0.05, 0.1) is 6.54 Å². The summed E-state index contributed by atoms with van der Waals surface area (Å²) >= 11 is 0. The van der Waals surface area contributed by atoms with E-state index in [1.54, 1.807) is 0 Å². The van der Waals surface area contributed by atoms with Crippen LogP contribution < -0.4 is 5.43 Å². The summed E-state index contributed by atoms with van der Waals surface area (Å²) in [4.78, 5) is 0. The first kappa shape index (κ1) is 4.36. The normalized spacial score (nSPS) is 34.0. The summed E-state index contributed by atoms with van der Waals surface area (Å²) in [5.74, 6) is 0. The molecule has 1 saturated heterocycles. The first-order valence-electron chi connectivity index (χ1n) is 3.32. The van der Waals surface area contributed by atoms with Crippen molar-refractivity contribution in [2.24, 2.45) is 0 Å². The molecular formula is C6H11N2+. The number of nitrogens with one attached hydrogen (secondary N) is 1. The zero-order valence-electron chi connectivity index (χ0n) is 4.93. The summed E-state index contributed by atoms with van der Waals surface area (Å²) < 4.78 is 2.26. The van der Waals surface area contributed by atoms with Crippen LogP contribution in [0.3, 0.4) is 0 Å². The van der Waals surface area contributed by atoms with Crippen LogP contribution in [-0.4, -0.2) is 23.5 Å². The molecule has 1 unspecified atom stereocenters. The average Bonchev–Trinajstić information content (AvgIpc) is 2.15. The highest BCUT2D eigenvalue weighted by atomic mass is 15.5. The summed E-state index contributed by atoms with van der Waals surface area (Å²) in [6.07, 6.45) is 6.25. The van der Waals surface area contributed by atoms with E-state index in [1.807, 2.05) is 0 Å². The molecule has 0 spiro atoms. The molecule has 0 aromatic carbocycles. The Morgan fingerprint density at radius 2 is 2.50 bits per heavy atom. The maximum absolute atomic E-state index is 3.30. The van der Waals surface area contributed by atoms with Gasteiger partial charge < -0.3 is 0 Å². The summed E-state index contributed by atoms with van der Waals surface area (Å²) in [5, 5.41) is 0. The van der Waals surface area contributed by atoms with Gasteiger partial charge in [0.1, 0.15) is 0 Å². The fraction of sp³-hybridized carbons (Fsp3) is 0.833. The number of rotatable bonds is 0. The molecule has 1 atom stereocenters. The minimum Gasteiger partial charge on any atom is -0.198 e. The lowest BCUT2D eigenvalue weighted by molar-refractivity contribution is -0.587. The fourth-order valence-electron chi connectivity index (χ4n) is 1.53. The summed E-state index contributed by atoms with van der Waals surface area (Å²) in [5.41, 5.74) is 3.30. The van der Waals surface area contributed by atoms with Crippen molar-refractivity contribution in [2.45, 2.75) is 25.3 Å². The Morgan fingerprint density at radius 1 is 1.50 bits per heavy atom. The van der Waals surface area contributed by atoms with Gasteiger partial charge >= 0.3 is 0 Å². The van der Waals surface area contributed by atoms with Gasteiger partial charge in [-0.15, -0.1) is 4.68 Å². The second kappa shape index (κ2) is 1.47. The molecule has 2 aliphatic heterocycles. The third-order valence-corrected chi connectivity index (χ3v) is 1.99. The van der Waals surface area contributed by atoms with E-state index in [0.717, 1.165) is 6.04 Å². The van der Waals surface area contributed by atoms with Crippen molar-refractivity contribution in [3.05, 3.63) is 0 Å². The number of hydrazine groups is 1. The molecule has 1 fully saturated rings. The van der Waals surface area contributed by atoms with E-state index in [9.17, 15) is 0 Å². The highest BCUT2D eigenvalue weighted by molar-refractivity contribution is 5.52. The van der Waals surface area contributed by atoms with Crippen LogP contribution in [0.2, 0.25) is 0 Å². The fourth-order valence-corrected chi connectivity index (χ4v) is 1.53. The standard InChI is InChI=1S/C6H11N2/c1-2-6-3-4-7-8(6)5-1/h5-7H,1-4H2/q+1. The maximum Gasteiger partial charge on any atom is 0.183 e. The Hall–Kier alpha value is -0.530. The third-order valence-electron chi connectivity index (χ3n) is 1.99. The van der Waals surface area contributed by atoms with Crippen LogP contribution in [0.5, 0.6) is 0 Å². The smallest absolute Gasteiger partial charge is 0.183 e. The molecule has 0 saturated carbocycles. The second-order valence-corrected chi connectivity index (χ2v) is 2.52. The van der Waals surface area contributed by atoms with Crippen LogP contribution in [0, 0.1) is 0 Å². The van der Waals surface area contributed by atoms with Crippen molar-refractivity contribution in [3.8, 4) is 0 Å². The van der Waals surface area contributed by atoms with Gasteiger partial charge in [0.25, 0.3) is 0 Å². The molecule has 0 aromatic rings. The zero-order chi connectivity index (χ0) is 5.40. The molecule has 2 heterocycles. The quantitative estimate of drug-likeness (QED) is 0.439. The minimum absolute atomic E-state index is 0.843. The molecule has 0 amide bonds. The highest BCUT2D eigenvalue weighted by Crippen LogP contribution is 2.13. The molecule has 0 radical (unpaired) electrons. The van der Waals surface area contributed by atoms with Crippen LogP contribution in [-0.2, 0) is 0 Å². The Balaban J connectivity index is 2.20. The van der Waals surface area contributed by atoms with Crippen LogP contribution in [0.4, 0.5) is 0 Å². The lowest BCUT2D eigenvalue weighted by atomic mass is 10.2. The van der Waals surface area contributed by atoms with Crippen LogP contribution >= 0.6 is 0 Å². The third kappa shape index (κ3) is 0.457. The van der Waals surface area contributed by atoms with Crippen molar-refractivity contribution in [1.29, 1.82) is 0 Å². The summed E-state index contributed by atoms with van der Waals surface area (Å²) in [6.45, 7) is 1.18. The van der Waals surface area contributed by atoms with E-state index in [-0.39, 0.29) is 0 Å². The Bertz CT molecular complexity index is 128. The van der Waals surface area contributed by atoms with E-state index < -0.39 is 0 Å². The van der Waals surface area contributed by atoms with E-state index in [0.29, 0.717) is 0 Å². The molecule has 8 heavy (non-hydrogen) atoms. The molecule has 2 nitrogen and oxygen atoms in total.